The fraction of sp³-hybridized carbons (Fsp3) is 0.700. The largest absolute Gasteiger partial charge is 0.342 e. The monoisotopic (exact) mass is 167 g/mol. The zero-order valence-electron chi connectivity index (χ0n) is 7.59. The van der Waals surface area contributed by atoms with Gasteiger partial charge in [0.2, 0.25) is 5.91 Å². The highest BCUT2D eigenvalue weighted by Gasteiger charge is 2.13. The molecule has 1 heterocycles. The van der Waals surface area contributed by atoms with Crippen LogP contribution in [-0.4, -0.2) is 23.9 Å². The lowest BCUT2D eigenvalue weighted by Crippen LogP contribution is -2.31. The number of hydrogen-bond donors (Lipinski definition) is 0. The second kappa shape index (κ2) is 4.96. The minimum atomic E-state index is 0.243. The topological polar surface area (TPSA) is 20.3 Å². The van der Waals surface area contributed by atoms with E-state index in [1.807, 2.05) is 4.90 Å². The first kappa shape index (κ1) is 9.30. The van der Waals surface area contributed by atoms with Crippen molar-refractivity contribution in [2.75, 3.05) is 13.1 Å². The van der Waals surface area contributed by atoms with Crippen LogP contribution in [0, 0.1) is 0 Å². The summed E-state index contributed by atoms with van der Waals surface area (Å²) in [5.74, 6) is 0.243. The molecule has 68 valence electrons. The Morgan fingerprint density at radius 1 is 1.25 bits per heavy atom. The summed E-state index contributed by atoms with van der Waals surface area (Å²) >= 11 is 0. The molecule has 12 heavy (non-hydrogen) atoms. The lowest BCUT2D eigenvalue weighted by atomic mass is 10.2. The molecule has 0 aromatic carbocycles. The summed E-state index contributed by atoms with van der Waals surface area (Å²) in [6.07, 6.45) is 7.08. The van der Waals surface area contributed by atoms with E-state index in [9.17, 15) is 4.79 Å². The number of rotatable bonds is 2. The maximum Gasteiger partial charge on any atom is 0.226 e. The predicted molar refractivity (Wildman–Crippen MR) is 49.9 cm³/mol. The zero-order chi connectivity index (χ0) is 8.81. The van der Waals surface area contributed by atoms with Crippen LogP contribution >= 0.6 is 0 Å². The van der Waals surface area contributed by atoms with Crippen LogP contribution in [0.5, 0.6) is 0 Å². The van der Waals surface area contributed by atoms with E-state index < -0.39 is 0 Å². The van der Waals surface area contributed by atoms with Crippen molar-refractivity contribution < 1.29 is 4.79 Å². The molecule has 0 spiro atoms. The molecule has 1 saturated heterocycles. The van der Waals surface area contributed by atoms with E-state index in [1.165, 1.54) is 25.7 Å². The van der Waals surface area contributed by atoms with Gasteiger partial charge in [0.25, 0.3) is 0 Å². The maximum absolute atomic E-state index is 11.4. The summed E-state index contributed by atoms with van der Waals surface area (Å²) in [7, 11) is 0. The van der Waals surface area contributed by atoms with Gasteiger partial charge in [-0.1, -0.05) is 18.9 Å². The SMILES string of the molecule is C=CCC(=O)N1CCCCCC1. The van der Waals surface area contributed by atoms with E-state index in [4.69, 9.17) is 0 Å². The number of carbonyl (C=O) groups is 1. The molecule has 0 aromatic heterocycles. The van der Waals surface area contributed by atoms with Gasteiger partial charge in [-0.05, 0) is 12.8 Å². The van der Waals surface area contributed by atoms with Crippen molar-refractivity contribution in [1.29, 1.82) is 0 Å². The number of hydrogen-bond acceptors (Lipinski definition) is 1. The van der Waals surface area contributed by atoms with Gasteiger partial charge in [0.1, 0.15) is 0 Å². The minimum absolute atomic E-state index is 0.243. The Kier molecular flexibility index (Phi) is 3.85. The third-order valence-electron chi connectivity index (χ3n) is 2.28. The average molecular weight is 167 g/mol. The van der Waals surface area contributed by atoms with Gasteiger partial charge in [-0.2, -0.15) is 0 Å². The van der Waals surface area contributed by atoms with Crippen molar-refractivity contribution >= 4 is 5.91 Å². The summed E-state index contributed by atoms with van der Waals surface area (Å²) in [5, 5.41) is 0. The number of likely N-dealkylation sites (tertiary alicyclic amines) is 1. The van der Waals surface area contributed by atoms with Crippen molar-refractivity contribution in [3.8, 4) is 0 Å². The van der Waals surface area contributed by atoms with Crippen LogP contribution in [-0.2, 0) is 4.79 Å². The van der Waals surface area contributed by atoms with Crippen LogP contribution in [0.2, 0.25) is 0 Å². The predicted octanol–water partition coefficient (Wildman–Crippen LogP) is 1.97. The van der Waals surface area contributed by atoms with E-state index >= 15 is 0 Å². The molecular formula is C10H17NO. The average Bonchev–Trinajstić information content (AvgIpc) is 2.32. The van der Waals surface area contributed by atoms with E-state index in [0.717, 1.165) is 13.1 Å². The molecule has 2 heteroatoms. The molecule has 1 fully saturated rings. The van der Waals surface area contributed by atoms with Gasteiger partial charge in [0.15, 0.2) is 0 Å². The highest BCUT2D eigenvalue weighted by atomic mass is 16.2. The second-order valence-electron chi connectivity index (χ2n) is 3.29. The molecule has 0 bridgehead atoms. The van der Waals surface area contributed by atoms with Crippen LogP contribution < -0.4 is 0 Å². The van der Waals surface area contributed by atoms with E-state index in [0.29, 0.717) is 6.42 Å². The van der Waals surface area contributed by atoms with Gasteiger partial charge >= 0.3 is 0 Å². The van der Waals surface area contributed by atoms with Crippen molar-refractivity contribution in [3.05, 3.63) is 12.7 Å². The quantitative estimate of drug-likeness (QED) is 0.576. The Bertz CT molecular complexity index is 157. The van der Waals surface area contributed by atoms with Gasteiger partial charge in [0, 0.05) is 19.5 Å². The van der Waals surface area contributed by atoms with Crippen LogP contribution in [0.4, 0.5) is 0 Å². The number of amides is 1. The molecule has 0 atom stereocenters. The van der Waals surface area contributed by atoms with Crippen LogP contribution in [0.25, 0.3) is 0 Å². The summed E-state index contributed by atoms with van der Waals surface area (Å²) in [4.78, 5) is 13.4. The van der Waals surface area contributed by atoms with E-state index in [2.05, 4.69) is 6.58 Å². The first-order chi connectivity index (χ1) is 5.84. The van der Waals surface area contributed by atoms with Gasteiger partial charge in [-0.3, -0.25) is 4.79 Å². The molecule has 1 rings (SSSR count). The lowest BCUT2D eigenvalue weighted by Gasteiger charge is -2.19. The van der Waals surface area contributed by atoms with Gasteiger partial charge in [0.05, 0.1) is 0 Å². The Labute approximate surface area is 74.2 Å². The molecule has 0 radical (unpaired) electrons. The Hall–Kier alpha value is -0.790. The maximum atomic E-state index is 11.4. The number of nitrogens with zero attached hydrogens (tertiary/aromatic N) is 1. The molecule has 0 N–H and O–H groups in total. The summed E-state index contributed by atoms with van der Waals surface area (Å²) in [6.45, 7) is 5.47. The molecule has 0 unspecified atom stereocenters. The normalized spacial score (nSPS) is 18.5. The zero-order valence-corrected chi connectivity index (χ0v) is 7.59. The fourth-order valence-electron chi connectivity index (χ4n) is 1.57. The lowest BCUT2D eigenvalue weighted by molar-refractivity contribution is -0.130. The van der Waals surface area contributed by atoms with Crippen molar-refractivity contribution in [1.82, 2.24) is 4.90 Å². The fourth-order valence-corrected chi connectivity index (χ4v) is 1.57. The minimum Gasteiger partial charge on any atom is -0.342 e. The van der Waals surface area contributed by atoms with Crippen LogP contribution in [0.1, 0.15) is 32.1 Å². The molecule has 0 aromatic rings. The molecular weight excluding hydrogens is 150 g/mol. The smallest absolute Gasteiger partial charge is 0.226 e. The summed E-state index contributed by atoms with van der Waals surface area (Å²) < 4.78 is 0. The highest BCUT2D eigenvalue weighted by molar-refractivity contribution is 5.77. The van der Waals surface area contributed by atoms with Crippen molar-refractivity contribution in [3.63, 3.8) is 0 Å². The van der Waals surface area contributed by atoms with E-state index in [-0.39, 0.29) is 5.91 Å². The van der Waals surface area contributed by atoms with Crippen molar-refractivity contribution in [2.45, 2.75) is 32.1 Å². The highest BCUT2D eigenvalue weighted by Crippen LogP contribution is 2.10. The Morgan fingerprint density at radius 2 is 1.83 bits per heavy atom. The first-order valence-electron chi connectivity index (χ1n) is 4.73. The molecule has 1 aliphatic rings. The van der Waals surface area contributed by atoms with Gasteiger partial charge in [-0.25, -0.2) is 0 Å². The van der Waals surface area contributed by atoms with Crippen LogP contribution in [0.15, 0.2) is 12.7 Å². The number of carbonyl (C=O) groups excluding carboxylic acids is 1. The third-order valence-corrected chi connectivity index (χ3v) is 2.28. The first-order valence-corrected chi connectivity index (χ1v) is 4.73. The second-order valence-corrected chi connectivity index (χ2v) is 3.29. The third kappa shape index (κ3) is 2.68. The molecule has 0 aliphatic carbocycles. The summed E-state index contributed by atoms with van der Waals surface area (Å²) in [6, 6.07) is 0. The molecule has 1 amide bonds. The Balaban J connectivity index is 2.37. The Morgan fingerprint density at radius 3 is 2.33 bits per heavy atom. The van der Waals surface area contributed by atoms with Gasteiger partial charge < -0.3 is 4.90 Å². The molecule has 0 saturated carbocycles. The molecule has 1 aliphatic heterocycles. The molecule has 2 nitrogen and oxygen atoms in total. The van der Waals surface area contributed by atoms with Gasteiger partial charge in [-0.15, -0.1) is 6.58 Å². The summed E-state index contributed by atoms with van der Waals surface area (Å²) in [5.41, 5.74) is 0. The van der Waals surface area contributed by atoms with E-state index in [1.54, 1.807) is 6.08 Å². The standard InChI is InChI=1S/C10H17NO/c1-2-7-10(12)11-8-5-3-4-6-9-11/h2H,1,3-9H2. The van der Waals surface area contributed by atoms with Crippen LogP contribution in [0.3, 0.4) is 0 Å². The van der Waals surface area contributed by atoms with Crippen molar-refractivity contribution in [2.24, 2.45) is 0 Å².